The normalized spacial score (nSPS) is 10.8. The van der Waals surface area contributed by atoms with Gasteiger partial charge in [0.1, 0.15) is 5.82 Å². The van der Waals surface area contributed by atoms with Crippen LogP contribution in [-0.4, -0.2) is 12.1 Å². The summed E-state index contributed by atoms with van der Waals surface area (Å²) in [5.41, 5.74) is 5.94. The molecule has 20 heavy (non-hydrogen) atoms. The summed E-state index contributed by atoms with van der Waals surface area (Å²) in [6.07, 6.45) is 1.60. The Morgan fingerprint density at radius 3 is 2.55 bits per heavy atom. The van der Waals surface area contributed by atoms with Crippen LogP contribution in [0.2, 0.25) is 0 Å². The molecule has 0 radical (unpaired) electrons. The van der Waals surface area contributed by atoms with E-state index in [9.17, 15) is 9.18 Å². The fraction of sp³-hybridized carbons (Fsp3) is 0.125. The van der Waals surface area contributed by atoms with E-state index < -0.39 is 0 Å². The van der Waals surface area contributed by atoms with Crippen LogP contribution in [0.15, 0.2) is 47.6 Å². The number of aryl methyl sites for hydroxylation is 2. The quantitative estimate of drug-likeness (QED) is 0.675. The molecule has 0 aliphatic heterocycles. The summed E-state index contributed by atoms with van der Waals surface area (Å²) < 4.78 is 12.7. The van der Waals surface area contributed by atoms with Gasteiger partial charge in [0.05, 0.1) is 6.21 Å². The SMILES string of the molecule is Cc1ccc(C)c(C=NNC(=O)c2ccc(F)cc2)c1. The van der Waals surface area contributed by atoms with Gasteiger partial charge in [-0.25, -0.2) is 9.82 Å². The molecule has 0 bridgehead atoms. The first-order chi connectivity index (χ1) is 9.56. The van der Waals surface area contributed by atoms with Crippen LogP contribution in [0.25, 0.3) is 0 Å². The third-order valence-electron chi connectivity index (χ3n) is 2.91. The molecule has 1 N–H and O–H groups in total. The summed E-state index contributed by atoms with van der Waals surface area (Å²) >= 11 is 0. The topological polar surface area (TPSA) is 41.5 Å². The van der Waals surface area contributed by atoms with Crippen molar-refractivity contribution >= 4 is 12.1 Å². The van der Waals surface area contributed by atoms with Crippen LogP contribution >= 0.6 is 0 Å². The van der Waals surface area contributed by atoms with Crippen LogP contribution in [0.4, 0.5) is 4.39 Å². The van der Waals surface area contributed by atoms with Gasteiger partial charge in [0, 0.05) is 5.56 Å². The molecule has 0 aliphatic carbocycles. The van der Waals surface area contributed by atoms with Gasteiger partial charge < -0.3 is 0 Å². The van der Waals surface area contributed by atoms with E-state index in [0.717, 1.165) is 16.7 Å². The number of benzene rings is 2. The second-order valence-corrected chi connectivity index (χ2v) is 4.57. The molecule has 0 heterocycles. The smallest absolute Gasteiger partial charge is 0.267 e. The minimum Gasteiger partial charge on any atom is -0.267 e. The molecule has 0 unspecified atom stereocenters. The van der Waals surface area contributed by atoms with E-state index in [-0.39, 0.29) is 11.7 Å². The van der Waals surface area contributed by atoms with Gasteiger partial charge in [0.25, 0.3) is 5.91 Å². The fourth-order valence-electron chi connectivity index (χ4n) is 1.73. The van der Waals surface area contributed by atoms with Crippen LogP contribution < -0.4 is 5.43 Å². The Morgan fingerprint density at radius 2 is 1.85 bits per heavy atom. The summed E-state index contributed by atoms with van der Waals surface area (Å²) in [5.74, 6) is -0.744. The first-order valence-electron chi connectivity index (χ1n) is 6.22. The molecular weight excluding hydrogens is 255 g/mol. The molecule has 0 fully saturated rings. The lowest BCUT2D eigenvalue weighted by molar-refractivity contribution is 0.0955. The van der Waals surface area contributed by atoms with Gasteiger partial charge in [0.2, 0.25) is 0 Å². The summed E-state index contributed by atoms with van der Waals surface area (Å²) in [5, 5.41) is 3.92. The van der Waals surface area contributed by atoms with E-state index in [4.69, 9.17) is 0 Å². The zero-order chi connectivity index (χ0) is 14.5. The van der Waals surface area contributed by atoms with E-state index in [2.05, 4.69) is 10.5 Å². The third kappa shape index (κ3) is 3.51. The molecule has 2 rings (SSSR count). The lowest BCUT2D eigenvalue weighted by Crippen LogP contribution is -2.17. The molecule has 0 saturated heterocycles. The predicted molar refractivity (Wildman–Crippen MR) is 77.4 cm³/mol. The highest BCUT2D eigenvalue weighted by Crippen LogP contribution is 2.08. The van der Waals surface area contributed by atoms with E-state index >= 15 is 0 Å². The standard InChI is InChI=1S/C16H15FN2O/c1-11-3-4-12(2)14(9-11)10-18-19-16(20)13-5-7-15(17)8-6-13/h3-10H,1-2H3,(H,19,20). The third-order valence-corrected chi connectivity index (χ3v) is 2.91. The van der Waals surface area contributed by atoms with Crippen LogP contribution in [0, 0.1) is 19.7 Å². The van der Waals surface area contributed by atoms with Gasteiger partial charge in [-0.1, -0.05) is 23.8 Å². The van der Waals surface area contributed by atoms with E-state index in [0.29, 0.717) is 5.56 Å². The zero-order valence-corrected chi connectivity index (χ0v) is 11.4. The molecule has 0 spiro atoms. The highest BCUT2D eigenvalue weighted by Gasteiger charge is 2.03. The van der Waals surface area contributed by atoms with E-state index in [1.165, 1.54) is 24.3 Å². The average molecular weight is 270 g/mol. The maximum Gasteiger partial charge on any atom is 0.271 e. The molecule has 0 saturated carbocycles. The largest absolute Gasteiger partial charge is 0.271 e. The minimum absolute atomic E-state index is 0.365. The number of rotatable bonds is 3. The Balaban J connectivity index is 2.04. The van der Waals surface area contributed by atoms with Crippen molar-refractivity contribution < 1.29 is 9.18 Å². The number of halogens is 1. The summed E-state index contributed by atoms with van der Waals surface area (Å²) in [6.45, 7) is 3.97. The number of hydrazone groups is 1. The lowest BCUT2D eigenvalue weighted by atomic mass is 10.1. The molecule has 0 atom stereocenters. The van der Waals surface area contributed by atoms with Crippen molar-refractivity contribution in [2.24, 2.45) is 5.10 Å². The van der Waals surface area contributed by atoms with Gasteiger partial charge in [-0.05, 0) is 49.2 Å². The number of amides is 1. The number of carbonyl (C=O) groups is 1. The number of hydrogen-bond acceptors (Lipinski definition) is 2. The molecule has 4 heteroatoms. The Bertz CT molecular complexity index is 648. The van der Waals surface area contributed by atoms with Crippen molar-refractivity contribution in [3.63, 3.8) is 0 Å². The first kappa shape index (κ1) is 13.9. The lowest BCUT2D eigenvalue weighted by Gasteiger charge is -2.02. The average Bonchev–Trinajstić information content (AvgIpc) is 2.43. The summed E-state index contributed by atoms with van der Waals surface area (Å²) in [4.78, 5) is 11.8. The molecular formula is C16H15FN2O. The maximum atomic E-state index is 12.7. The number of hydrogen-bond donors (Lipinski definition) is 1. The van der Waals surface area contributed by atoms with Crippen molar-refractivity contribution in [3.8, 4) is 0 Å². The highest BCUT2D eigenvalue weighted by atomic mass is 19.1. The summed E-state index contributed by atoms with van der Waals surface area (Å²) in [6, 6.07) is 11.3. The monoisotopic (exact) mass is 270 g/mol. The number of nitrogens with one attached hydrogen (secondary N) is 1. The van der Waals surface area contributed by atoms with E-state index in [1.54, 1.807) is 6.21 Å². The molecule has 102 valence electrons. The first-order valence-corrected chi connectivity index (χ1v) is 6.22. The van der Waals surface area contributed by atoms with Crippen LogP contribution in [-0.2, 0) is 0 Å². The van der Waals surface area contributed by atoms with E-state index in [1.807, 2.05) is 32.0 Å². The van der Waals surface area contributed by atoms with Gasteiger partial charge in [-0.3, -0.25) is 4.79 Å². The molecule has 3 nitrogen and oxygen atoms in total. The van der Waals surface area contributed by atoms with Gasteiger partial charge >= 0.3 is 0 Å². The predicted octanol–water partition coefficient (Wildman–Crippen LogP) is 3.21. The highest BCUT2D eigenvalue weighted by molar-refractivity contribution is 5.94. The Labute approximate surface area is 117 Å². The van der Waals surface area contributed by atoms with Crippen molar-refractivity contribution in [2.45, 2.75) is 13.8 Å². The molecule has 0 aromatic heterocycles. The van der Waals surface area contributed by atoms with Gasteiger partial charge in [-0.2, -0.15) is 5.10 Å². The molecule has 2 aromatic carbocycles. The Morgan fingerprint density at radius 1 is 1.15 bits per heavy atom. The Kier molecular flexibility index (Phi) is 4.25. The van der Waals surface area contributed by atoms with Crippen LogP contribution in [0.5, 0.6) is 0 Å². The number of carbonyl (C=O) groups excluding carboxylic acids is 1. The van der Waals surface area contributed by atoms with Crippen molar-refractivity contribution in [1.29, 1.82) is 0 Å². The van der Waals surface area contributed by atoms with Crippen LogP contribution in [0.1, 0.15) is 27.0 Å². The maximum absolute atomic E-state index is 12.7. The minimum atomic E-state index is -0.375. The molecule has 1 amide bonds. The zero-order valence-electron chi connectivity index (χ0n) is 11.4. The second-order valence-electron chi connectivity index (χ2n) is 4.57. The molecule has 0 aliphatic rings. The van der Waals surface area contributed by atoms with Gasteiger partial charge in [0.15, 0.2) is 0 Å². The molecule has 2 aromatic rings. The number of nitrogens with zero attached hydrogens (tertiary/aromatic N) is 1. The Hall–Kier alpha value is -2.49. The fourth-order valence-corrected chi connectivity index (χ4v) is 1.73. The second kappa shape index (κ2) is 6.10. The van der Waals surface area contributed by atoms with Crippen molar-refractivity contribution in [2.75, 3.05) is 0 Å². The van der Waals surface area contributed by atoms with Gasteiger partial charge in [-0.15, -0.1) is 0 Å². The van der Waals surface area contributed by atoms with Crippen molar-refractivity contribution in [1.82, 2.24) is 5.43 Å². The summed E-state index contributed by atoms with van der Waals surface area (Å²) in [7, 11) is 0. The van der Waals surface area contributed by atoms with Crippen molar-refractivity contribution in [3.05, 3.63) is 70.5 Å². The van der Waals surface area contributed by atoms with Crippen LogP contribution in [0.3, 0.4) is 0 Å².